The third kappa shape index (κ3) is 4.44. The molecule has 0 aliphatic carbocycles. The lowest BCUT2D eigenvalue weighted by molar-refractivity contribution is -0.133. The number of nitrogens with two attached hydrogens (primary N) is 1. The number of nitrogens with zero attached hydrogens (tertiary/aromatic N) is 1. The van der Waals surface area contributed by atoms with Crippen molar-refractivity contribution in [3.05, 3.63) is 92.4 Å². The lowest BCUT2D eigenvalue weighted by Crippen LogP contribution is -2.42. The molecule has 3 aromatic carbocycles. The molecule has 1 aliphatic rings. The summed E-state index contributed by atoms with van der Waals surface area (Å²) in [4.78, 5) is 14.7. The highest BCUT2D eigenvalue weighted by Gasteiger charge is 2.28. The second kappa shape index (κ2) is 8.37. The lowest BCUT2D eigenvalue weighted by Gasteiger charge is -2.20. The van der Waals surface area contributed by atoms with Crippen molar-refractivity contribution < 1.29 is 4.79 Å². The van der Waals surface area contributed by atoms with Crippen molar-refractivity contribution in [1.82, 2.24) is 4.90 Å². The summed E-state index contributed by atoms with van der Waals surface area (Å²) in [5, 5.41) is 1.78. The SMILES string of the molecule is N[C@H](Cc1ccc(Cl)cc1Cl)C(=O)N1Cc2ccc(-c3cccc(Cl)c3)cc2C1. The van der Waals surface area contributed by atoms with Crippen LogP contribution in [-0.4, -0.2) is 16.8 Å². The molecule has 2 N–H and O–H groups in total. The van der Waals surface area contributed by atoms with Crippen LogP contribution in [0.3, 0.4) is 0 Å². The number of rotatable bonds is 4. The van der Waals surface area contributed by atoms with Crippen molar-refractivity contribution in [2.45, 2.75) is 25.6 Å². The Morgan fingerprint density at radius 3 is 2.38 bits per heavy atom. The van der Waals surface area contributed by atoms with E-state index in [0.29, 0.717) is 34.6 Å². The smallest absolute Gasteiger partial charge is 0.240 e. The highest BCUT2D eigenvalue weighted by Crippen LogP contribution is 2.30. The van der Waals surface area contributed by atoms with Gasteiger partial charge in [-0.1, -0.05) is 65.1 Å². The Balaban J connectivity index is 1.47. The number of halogens is 3. The summed E-state index contributed by atoms with van der Waals surface area (Å²) >= 11 is 18.3. The predicted molar refractivity (Wildman–Crippen MR) is 119 cm³/mol. The van der Waals surface area contributed by atoms with Crippen molar-refractivity contribution >= 4 is 40.7 Å². The van der Waals surface area contributed by atoms with Crippen LogP contribution in [0.25, 0.3) is 11.1 Å². The molecule has 0 fully saturated rings. The molecule has 1 atom stereocenters. The summed E-state index contributed by atoms with van der Waals surface area (Å²) in [7, 11) is 0. The van der Waals surface area contributed by atoms with E-state index < -0.39 is 6.04 Å². The van der Waals surface area contributed by atoms with Gasteiger partial charge in [0.1, 0.15) is 0 Å². The van der Waals surface area contributed by atoms with Crippen molar-refractivity contribution in [3.8, 4) is 11.1 Å². The van der Waals surface area contributed by atoms with Crippen molar-refractivity contribution in [1.29, 1.82) is 0 Å². The van der Waals surface area contributed by atoms with E-state index in [0.717, 1.165) is 27.8 Å². The molecular weight excluding hydrogens is 427 g/mol. The minimum Gasteiger partial charge on any atom is -0.333 e. The highest BCUT2D eigenvalue weighted by atomic mass is 35.5. The van der Waals surface area contributed by atoms with Crippen LogP contribution in [0, 0.1) is 0 Å². The molecule has 1 heterocycles. The van der Waals surface area contributed by atoms with Gasteiger partial charge in [-0.15, -0.1) is 0 Å². The lowest BCUT2D eigenvalue weighted by atomic mass is 10.0. The number of hydrogen-bond acceptors (Lipinski definition) is 2. The minimum absolute atomic E-state index is 0.0866. The van der Waals surface area contributed by atoms with Crippen molar-refractivity contribution in [3.63, 3.8) is 0 Å². The number of carbonyl (C=O) groups excluding carboxylic acids is 1. The first-order valence-corrected chi connectivity index (χ1v) is 10.4. The van der Waals surface area contributed by atoms with Gasteiger partial charge in [0.2, 0.25) is 5.91 Å². The van der Waals surface area contributed by atoms with Gasteiger partial charge < -0.3 is 10.6 Å². The van der Waals surface area contributed by atoms with Gasteiger partial charge in [0.15, 0.2) is 0 Å². The van der Waals surface area contributed by atoms with Crippen molar-refractivity contribution in [2.75, 3.05) is 0 Å². The molecule has 0 unspecified atom stereocenters. The molecule has 0 radical (unpaired) electrons. The number of benzene rings is 3. The van der Waals surface area contributed by atoms with E-state index in [1.165, 1.54) is 0 Å². The Morgan fingerprint density at radius 2 is 1.62 bits per heavy atom. The summed E-state index contributed by atoms with van der Waals surface area (Å²) in [5.41, 5.74) is 11.4. The van der Waals surface area contributed by atoms with Crippen LogP contribution >= 0.6 is 34.8 Å². The third-order valence-corrected chi connectivity index (χ3v) is 5.99. The fourth-order valence-electron chi connectivity index (χ4n) is 3.64. The van der Waals surface area contributed by atoms with E-state index in [9.17, 15) is 4.79 Å². The van der Waals surface area contributed by atoms with Crippen LogP contribution in [0.15, 0.2) is 60.7 Å². The van der Waals surface area contributed by atoms with Crippen LogP contribution in [-0.2, 0) is 24.3 Å². The first-order valence-electron chi connectivity index (χ1n) is 9.27. The minimum atomic E-state index is -0.657. The van der Waals surface area contributed by atoms with E-state index in [2.05, 4.69) is 18.2 Å². The van der Waals surface area contributed by atoms with Gasteiger partial charge in [0.25, 0.3) is 0 Å². The molecule has 0 saturated heterocycles. The number of carbonyl (C=O) groups is 1. The molecule has 4 rings (SSSR count). The number of hydrogen-bond donors (Lipinski definition) is 1. The Bertz CT molecular complexity index is 1080. The van der Waals surface area contributed by atoms with Gasteiger partial charge in [0.05, 0.1) is 6.04 Å². The largest absolute Gasteiger partial charge is 0.333 e. The van der Waals surface area contributed by atoms with Crippen LogP contribution in [0.4, 0.5) is 0 Å². The standard InChI is InChI=1S/C23H19Cl3N2O/c24-19-3-1-2-14(9-19)15-4-5-17-12-28(13-18(17)8-15)23(29)22(27)10-16-6-7-20(25)11-21(16)26/h1-9,11,22H,10,12-13,27H2/t22-/m1/s1. The van der Waals surface area contributed by atoms with Gasteiger partial charge in [-0.2, -0.15) is 0 Å². The Morgan fingerprint density at radius 1 is 0.897 bits per heavy atom. The van der Waals surface area contributed by atoms with Gasteiger partial charge in [-0.05, 0) is 64.6 Å². The molecule has 0 bridgehead atoms. The molecular formula is C23H19Cl3N2O. The average Bonchev–Trinajstić information content (AvgIpc) is 3.12. The number of amides is 1. The van der Waals surface area contributed by atoms with Gasteiger partial charge in [-0.25, -0.2) is 0 Å². The van der Waals surface area contributed by atoms with Crippen LogP contribution < -0.4 is 5.73 Å². The fourth-order valence-corrected chi connectivity index (χ4v) is 4.32. The Hall–Kier alpha value is -2.04. The molecule has 0 saturated carbocycles. The van der Waals surface area contributed by atoms with E-state index in [1.807, 2.05) is 30.3 Å². The molecule has 1 amide bonds. The zero-order chi connectivity index (χ0) is 20.5. The second-order valence-corrected chi connectivity index (χ2v) is 8.51. The molecule has 6 heteroatoms. The maximum Gasteiger partial charge on any atom is 0.240 e. The molecule has 0 spiro atoms. The van der Waals surface area contributed by atoms with E-state index in [4.69, 9.17) is 40.5 Å². The van der Waals surface area contributed by atoms with Gasteiger partial charge in [-0.3, -0.25) is 4.79 Å². The summed E-state index contributed by atoms with van der Waals surface area (Å²) in [6.45, 7) is 1.11. The second-order valence-electron chi connectivity index (χ2n) is 7.23. The van der Waals surface area contributed by atoms with Gasteiger partial charge >= 0.3 is 0 Å². The topological polar surface area (TPSA) is 46.3 Å². The van der Waals surface area contributed by atoms with E-state index in [1.54, 1.807) is 17.0 Å². The normalized spacial score (nSPS) is 14.0. The third-order valence-electron chi connectivity index (χ3n) is 5.17. The van der Waals surface area contributed by atoms with E-state index in [-0.39, 0.29) is 5.91 Å². The molecule has 29 heavy (non-hydrogen) atoms. The summed E-state index contributed by atoms with van der Waals surface area (Å²) in [5.74, 6) is -0.0866. The molecule has 3 nitrogen and oxygen atoms in total. The molecule has 148 valence electrons. The van der Waals surface area contributed by atoms with Gasteiger partial charge in [0, 0.05) is 28.2 Å². The zero-order valence-corrected chi connectivity index (χ0v) is 17.8. The van der Waals surface area contributed by atoms with Crippen LogP contribution in [0.5, 0.6) is 0 Å². The summed E-state index contributed by atoms with van der Waals surface area (Å²) in [6, 6.07) is 18.6. The maximum absolute atomic E-state index is 12.9. The average molecular weight is 446 g/mol. The summed E-state index contributed by atoms with van der Waals surface area (Å²) < 4.78 is 0. The molecule has 3 aromatic rings. The molecule has 0 aromatic heterocycles. The monoisotopic (exact) mass is 444 g/mol. The summed E-state index contributed by atoms with van der Waals surface area (Å²) in [6.07, 6.45) is 0.370. The predicted octanol–water partition coefficient (Wildman–Crippen LogP) is 5.73. The Labute approximate surface area is 185 Å². The molecule has 1 aliphatic heterocycles. The van der Waals surface area contributed by atoms with Crippen LogP contribution in [0.1, 0.15) is 16.7 Å². The highest BCUT2D eigenvalue weighted by molar-refractivity contribution is 6.35. The zero-order valence-electron chi connectivity index (χ0n) is 15.5. The first-order chi connectivity index (χ1) is 13.9. The Kier molecular flexibility index (Phi) is 5.84. The quantitative estimate of drug-likeness (QED) is 0.558. The number of fused-ring (bicyclic) bond motifs is 1. The van der Waals surface area contributed by atoms with Crippen molar-refractivity contribution in [2.24, 2.45) is 5.73 Å². The van der Waals surface area contributed by atoms with E-state index >= 15 is 0 Å². The maximum atomic E-state index is 12.9. The first kappa shape index (κ1) is 20.2. The fraction of sp³-hybridized carbons (Fsp3) is 0.174. The van der Waals surface area contributed by atoms with Crippen LogP contribution in [0.2, 0.25) is 15.1 Å².